The van der Waals surface area contributed by atoms with Crippen LogP contribution in [0.3, 0.4) is 0 Å². The molecule has 0 bridgehead atoms. The molecule has 140 valence electrons. The smallest absolute Gasteiger partial charge is 0.258 e. The van der Waals surface area contributed by atoms with Crippen molar-refractivity contribution in [2.24, 2.45) is 0 Å². The molecule has 5 nitrogen and oxygen atoms in total. The number of ether oxygens (including phenoxy) is 1. The second-order valence-electron chi connectivity index (χ2n) is 6.87. The van der Waals surface area contributed by atoms with Gasteiger partial charge in [-0.05, 0) is 50.8 Å². The van der Waals surface area contributed by atoms with Crippen LogP contribution in [-0.4, -0.2) is 52.1 Å². The summed E-state index contributed by atoms with van der Waals surface area (Å²) in [7, 11) is 8.07. The molecule has 1 unspecified atom stereocenters. The number of hydrogen-bond donors (Lipinski definition) is 1. The first-order chi connectivity index (χ1) is 12.4. The molecule has 0 fully saturated rings. The van der Waals surface area contributed by atoms with Crippen molar-refractivity contribution in [2.45, 2.75) is 13.0 Å². The molecular formula is C21H29N3O2. The standard InChI is InChI=1S/C21H29N3O2/c1-16-6-12-19(13-7-16)26-15-21(25)22-14-20(24(4)5)17-8-10-18(11-9-17)23(2)3/h6-13,20H,14-15H2,1-5H3,(H,22,25). The van der Waals surface area contributed by atoms with E-state index in [4.69, 9.17) is 4.74 Å². The third-order valence-corrected chi connectivity index (χ3v) is 4.30. The number of nitrogens with zero attached hydrogens (tertiary/aromatic N) is 2. The van der Waals surface area contributed by atoms with Crippen LogP contribution >= 0.6 is 0 Å². The Morgan fingerprint density at radius 1 is 1.00 bits per heavy atom. The molecule has 2 aromatic carbocycles. The molecule has 2 rings (SSSR count). The predicted octanol–water partition coefficient (Wildman–Crippen LogP) is 2.86. The molecular weight excluding hydrogens is 326 g/mol. The Morgan fingerprint density at radius 2 is 1.62 bits per heavy atom. The maximum absolute atomic E-state index is 12.1. The van der Waals surface area contributed by atoms with Gasteiger partial charge in [0.1, 0.15) is 5.75 Å². The van der Waals surface area contributed by atoms with Crippen LogP contribution in [0.4, 0.5) is 5.69 Å². The molecule has 1 amide bonds. The Bertz CT molecular complexity index is 694. The Labute approximate surface area is 156 Å². The van der Waals surface area contributed by atoms with Gasteiger partial charge in [0.15, 0.2) is 6.61 Å². The van der Waals surface area contributed by atoms with E-state index in [2.05, 4.69) is 39.4 Å². The normalized spacial score (nSPS) is 11.9. The van der Waals surface area contributed by atoms with Crippen molar-refractivity contribution in [2.75, 3.05) is 46.2 Å². The minimum atomic E-state index is -0.123. The van der Waals surface area contributed by atoms with Crippen molar-refractivity contribution < 1.29 is 9.53 Å². The zero-order chi connectivity index (χ0) is 19.1. The van der Waals surface area contributed by atoms with Crippen LogP contribution in [0.1, 0.15) is 17.2 Å². The molecule has 0 aromatic heterocycles. The number of anilines is 1. The van der Waals surface area contributed by atoms with Crippen molar-refractivity contribution in [3.8, 4) is 5.75 Å². The fourth-order valence-corrected chi connectivity index (χ4v) is 2.64. The minimum absolute atomic E-state index is 0.0166. The zero-order valence-electron chi connectivity index (χ0n) is 16.3. The number of likely N-dealkylation sites (N-methyl/N-ethyl adjacent to an activating group) is 1. The third kappa shape index (κ3) is 5.77. The average molecular weight is 355 g/mol. The van der Waals surface area contributed by atoms with Crippen LogP contribution in [0.2, 0.25) is 0 Å². The highest BCUT2D eigenvalue weighted by molar-refractivity contribution is 5.77. The van der Waals surface area contributed by atoms with E-state index in [1.807, 2.05) is 59.4 Å². The molecule has 1 N–H and O–H groups in total. The first-order valence-electron chi connectivity index (χ1n) is 8.76. The van der Waals surface area contributed by atoms with Gasteiger partial charge in [0.05, 0.1) is 6.04 Å². The van der Waals surface area contributed by atoms with Gasteiger partial charge >= 0.3 is 0 Å². The van der Waals surface area contributed by atoms with E-state index in [0.29, 0.717) is 12.3 Å². The molecule has 1 atom stereocenters. The van der Waals surface area contributed by atoms with E-state index in [9.17, 15) is 4.79 Å². The van der Waals surface area contributed by atoms with Crippen LogP contribution in [0.25, 0.3) is 0 Å². The lowest BCUT2D eigenvalue weighted by atomic mass is 10.1. The third-order valence-electron chi connectivity index (χ3n) is 4.30. The summed E-state index contributed by atoms with van der Waals surface area (Å²) < 4.78 is 5.53. The number of aryl methyl sites for hydroxylation is 1. The first-order valence-corrected chi connectivity index (χ1v) is 8.76. The molecule has 0 aliphatic carbocycles. The summed E-state index contributed by atoms with van der Waals surface area (Å²) in [6.45, 7) is 2.57. The molecule has 0 aliphatic rings. The lowest BCUT2D eigenvalue weighted by Gasteiger charge is -2.25. The molecule has 0 aliphatic heterocycles. The number of carbonyl (C=O) groups excluding carboxylic acids is 1. The van der Waals surface area contributed by atoms with Gasteiger partial charge in [0.25, 0.3) is 5.91 Å². The highest BCUT2D eigenvalue weighted by atomic mass is 16.5. The number of hydrogen-bond acceptors (Lipinski definition) is 4. The summed E-state index contributed by atoms with van der Waals surface area (Å²) in [6, 6.07) is 16.2. The van der Waals surface area contributed by atoms with Crippen LogP contribution < -0.4 is 15.0 Å². The van der Waals surface area contributed by atoms with Crippen molar-refractivity contribution in [3.63, 3.8) is 0 Å². The van der Waals surface area contributed by atoms with Gasteiger partial charge in [0.2, 0.25) is 0 Å². The molecule has 0 spiro atoms. The lowest BCUT2D eigenvalue weighted by Crippen LogP contribution is -2.36. The Balaban J connectivity index is 1.89. The first kappa shape index (κ1) is 19.8. The summed E-state index contributed by atoms with van der Waals surface area (Å²) in [4.78, 5) is 16.3. The fraction of sp³-hybridized carbons (Fsp3) is 0.381. The number of rotatable bonds is 8. The molecule has 26 heavy (non-hydrogen) atoms. The Kier molecular flexibility index (Phi) is 7.04. The van der Waals surface area contributed by atoms with Crippen molar-refractivity contribution in [1.29, 1.82) is 0 Å². The molecule has 0 saturated heterocycles. The average Bonchev–Trinajstić information content (AvgIpc) is 2.61. The van der Waals surface area contributed by atoms with E-state index >= 15 is 0 Å². The number of benzene rings is 2. The van der Waals surface area contributed by atoms with E-state index in [-0.39, 0.29) is 18.6 Å². The van der Waals surface area contributed by atoms with Gasteiger partial charge in [-0.3, -0.25) is 4.79 Å². The van der Waals surface area contributed by atoms with Crippen LogP contribution in [0.15, 0.2) is 48.5 Å². The summed E-state index contributed by atoms with van der Waals surface area (Å²) in [5.41, 5.74) is 3.48. The monoisotopic (exact) mass is 355 g/mol. The van der Waals surface area contributed by atoms with Gasteiger partial charge in [-0.1, -0.05) is 29.8 Å². The second kappa shape index (κ2) is 9.25. The lowest BCUT2D eigenvalue weighted by molar-refractivity contribution is -0.123. The van der Waals surface area contributed by atoms with Gasteiger partial charge in [-0.2, -0.15) is 0 Å². The van der Waals surface area contributed by atoms with E-state index in [1.54, 1.807) is 0 Å². The summed E-state index contributed by atoms with van der Waals surface area (Å²) >= 11 is 0. The highest BCUT2D eigenvalue weighted by Gasteiger charge is 2.15. The van der Waals surface area contributed by atoms with Crippen molar-refractivity contribution in [1.82, 2.24) is 10.2 Å². The predicted molar refractivity (Wildman–Crippen MR) is 107 cm³/mol. The maximum Gasteiger partial charge on any atom is 0.258 e. The van der Waals surface area contributed by atoms with E-state index < -0.39 is 0 Å². The van der Waals surface area contributed by atoms with Crippen molar-refractivity contribution in [3.05, 3.63) is 59.7 Å². The van der Waals surface area contributed by atoms with Crippen LogP contribution in [0, 0.1) is 6.92 Å². The Morgan fingerprint density at radius 3 is 2.15 bits per heavy atom. The fourth-order valence-electron chi connectivity index (χ4n) is 2.64. The van der Waals surface area contributed by atoms with Crippen LogP contribution in [-0.2, 0) is 4.79 Å². The molecule has 2 aromatic rings. The SMILES string of the molecule is Cc1ccc(OCC(=O)NCC(c2ccc(N(C)C)cc2)N(C)C)cc1. The van der Waals surface area contributed by atoms with Gasteiger partial charge in [0, 0.05) is 26.3 Å². The van der Waals surface area contributed by atoms with E-state index in [0.717, 1.165) is 11.3 Å². The topological polar surface area (TPSA) is 44.8 Å². The van der Waals surface area contributed by atoms with Crippen molar-refractivity contribution >= 4 is 11.6 Å². The summed E-state index contributed by atoms with van der Waals surface area (Å²) in [6.07, 6.45) is 0. The summed E-state index contributed by atoms with van der Waals surface area (Å²) in [5, 5.41) is 2.97. The molecule has 0 radical (unpaired) electrons. The number of nitrogens with one attached hydrogen (secondary N) is 1. The molecule has 5 heteroatoms. The van der Waals surface area contributed by atoms with Gasteiger partial charge < -0.3 is 19.9 Å². The maximum atomic E-state index is 12.1. The largest absolute Gasteiger partial charge is 0.484 e. The minimum Gasteiger partial charge on any atom is -0.484 e. The van der Waals surface area contributed by atoms with E-state index in [1.165, 1.54) is 5.56 Å². The van der Waals surface area contributed by atoms with Crippen LogP contribution in [0.5, 0.6) is 5.75 Å². The Hall–Kier alpha value is -2.53. The zero-order valence-corrected chi connectivity index (χ0v) is 16.3. The molecule has 0 saturated carbocycles. The number of amides is 1. The second-order valence-corrected chi connectivity index (χ2v) is 6.87. The highest BCUT2D eigenvalue weighted by Crippen LogP contribution is 2.21. The van der Waals surface area contributed by atoms with Gasteiger partial charge in [-0.25, -0.2) is 0 Å². The summed E-state index contributed by atoms with van der Waals surface area (Å²) in [5.74, 6) is 0.580. The number of carbonyl (C=O) groups is 1. The quantitative estimate of drug-likeness (QED) is 0.791. The molecule has 0 heterocycles. The van der Waals surface area contributed by atoms with Gasteiger partial charge in [-0.15, -0.1) is 0 Å².